The average molecular weight is 363 g/mol. The third-order valence-corrected chi connectivity index (χ3v) is 7.26. The summed E-state index contributed by atoms with van der Waals surface area (Å²) in [4.78, 5) is 17.4. The van der Waals surface area contributed by atoms with Crippen LogP contribution in [-0.2, 0) is 12.8 Å². The number of aryl methyl sites for hydroxylation is 2. The second-order valence-corrected chi connectivity index (χ2v) is 8.93. The number of nitrogens with zero attached hydrogens (tertiary/aromatic N) is 4. The number of rotatable bonds is 3. The number of aromatic nitrogens is 2. The Hall–Kier alpha value is -0.850. The van der Waals surface area contributed by atoms with E-state index in [1.807, 2.05) is 11.3 Å². The molecule has 0 bridgehead atoms. The van der Waals surface area contributed by atoms with E-state index in [2.05, 4.69) is 30.2 Å². The van der Waals surface area contributed by atoms with Gasteiger partial charge in [0.1, 0.15) is 10.6 Å². The summed E-state index contributed by atoms with van der Waals surface area (Å²) in [6.45, 7) is 2.36. The molecule has 0 N–H and O–H groups in total. The van der Waals surface area contributed by atoms with Crippen LogP contribution in [0, 0.1) is 0 Å². The zero-order valence-corrected chi connectivity index (χ0v) is 16.5. The molecule has 0 atom stereocenters. The van der Waals surface area contributed by atoms with Crippen molar-refractivity contribution in [3.63, 3.8) is 0 Å². The molecule has 2 aromatic heterocycles. The number of piperidine rings is 1. The maximum Gasteiger partial charge on any atom is 0.190 e. The Kier molecular flexibility index (Phi) is 4.71. The lowest BCUT2D eigenvalue weighted by Gasteiger charge is -2.36. The van der Waals surface area contributed by atoms with Gasteiger partial charge in [0.2, 0.25) is 0 Å². The number of thiophene rings is 1. The van der Waals surface area contributed by atoms with E-state index in [0.29, 0.717) is 6.04 Å². The van der Waals surface area contributed by atoms with Gasteiger partial charge in [0.25, 0.3) is 0 Å². The maximum atomic E-state index is 4.96. The molecule has 24 heavy (non-hydrogen) atoms. The van der Waals surface area contributed by atoms with E-state index in [4.69, 9.17) is 9.97 Å². The topological polar surface area (TPSA) is 32.3 Å². The molecule has 0 unspecified atom stereocenters. The van der Waals surface area contributed by atoms with Crippen LogP contribution in [0.1, 0.15) is 36.1 Å². The molecule has 1 saturated heterocycles. The lowest BCUT2D eigenvalue weighted by atomic mass is 9.96. The number of hydrogen-bond donors (Lipinski definition) is 0. The van der Waals surface area contributed by atoms with E-state index >= 15 is 0 Å². The van der Waals surface area contributed by atoms with Gasteiger partial charge in [0.15, 0.2) is 5.16 Å². The van der Waals surface area contributed by atoms with Crippen LogP contribution in [0.25, 0.3) is 10.2 Å². The Bertz CT molecular complexity index is 734. The van der Waals surface area contributed by atoms with Gasteiger partial charge in [0, 0.05) is 18.0 Å². The van der Waals surface area contributed by atoms with Crippen molar-refractivity contribution < 1.29 is 0 Å². The van der Waals surface area contributed by atoms with Gasteiger partial charge >= 0.3 is 0 Å². The summed E-state index contributed by atoms with van der Waals surface area (Å²) in [6.07, 6.45) is 9.57. The molecule has 1 aliphatic carbocycles. The van der Waals surface area contributed by atoms with Crippen molar-refractivity contribution >= 4 is 39.1 Å². The minimum Gasteiger partial charge on any atom is -0.356 e. The predicted molar refractivity (Wildman–Crippen MR) is 105 cm³/mol. The molecule has 0 radical (unpaired) electrons. The summed E-state index contributed by atoms with van der Waals surface area (Å²) >= 11 is 3.57. The summed E-state index contributed by atoms with van der Waals surface area (Å²) in [6, 6.07) is 0.591. The Morgan fingerprint density at radius 3 is 2.67 bits per heavy atom. The smallest absolute Gasteiger partial charge is 0.190 e. The number of fused-ring (bicyclic) bond motifs is 3. The zero-order valence-electron chi connectivity index (χ0n) is 14.8. The van der Waals surface area contributed by atoms with E-state index in [1.165, 1.54) is 67.6 Å². The van der Waals surface area contributed by atoms with Gasteiger partial charge in [0.05, 0.1) is 5.39 Å². The first-order chi connectivity index (χ1) is 11.7. The van der Waals surface area contributed by atoms with Crippen molar-refractivity contribution in [3.05, 3.63) is 10.4 Å². The van der Waals surface area contributed by atoms with Crippen LogP contribution in [0.4, 0.5) is 5.82 Å². The standard InChI is InChI=1S/C18H26N4S2/c1-21-10-8-12(9-11-21)22(2)16-15-13-6-4-5-7-14(13)24-17(15)20-18(19-16)23-3/h12H,4-11H2,1-3H3. The maximum absolute atomic E-state index is 4.96. The van der Waals surface area contributed by atoms with E-state index in [1.54, 1.807) is 22.2 Å². The second-order valence-electron chi connectivity index (χ2n) is 7.07. The first-order valence-corrected chi connectivity index (χ1v) is 11.0. The summed E-state index contributed by atoms with van der Waals surface area (Å²) in [5, 5.41) is 2.27. The minimum atomic E-state index is 0.591. The van der Waals surface area contributed by atoms with Gasteiger partial charge in [-0.3, -0.25) is 0 Å². The van der Waals surface area contributed by atoms with Crippen LogP contribution >= 0.6 is 23.1 Å². The Balaban J connectivity index is 1.79. The van der Waals surface area contributed by atoms with Crippen molar-refractivity contribution in [2.45, 2.75) is 49.7 Å². The normalized spacial score (nSPS) is 19.6. The molecule has 130 valence electrons. The Labute approximate surface area is 152 Å². The van der Waals surface area contributed by atoms with Gasteiger partial charge in [-0.05, 0) is 70.5 Å². The highest BCUT2D eigenvalue weighted by atomic mass is 32.2. The van der Waals surface area contributed by atoms with Crippen molar-refractivity contribution in [1.29, 1.82) is 0 Å². The molecule has 0 aromatic carbocycles. The third-order valence-electron chi connectivity index (χ3n) is 5.53. The average Bonchev–Trinajstić information content (AvgIpc) is 2.99. The molecule has 4 rings (SSSR count). The summed E-state index contributed by atoms with van der Waals surface area (Å²) < 4.78 is 0. The highest BCUT2D eigenvalue weighted by Gasteiger charge is 2.27. The fourth-order valence-electron chi connectivity index (χ4n) is 4.02. The number of anilines is 1. The predicted octanol–water partition coefficient (Wildman–Crippen LogP) is 3.82. The van der Waals surface area contributed by atoms with E-state index in [-0.39, 0.29) is 0 Å². The summed E-state index contributed by atoms with van der Waals surface area (Å²) in [7, 11) is 4.47. The Morgan fingerprint density at radius 1 is 1.17 bits per heavy atom. The molecule has 0 amide bonds. The molecule has 4 nitrogen and oxygen atoms in total. The van der Waals surface area contributed by atoms with Crippen LogP contribution in [-0.4, -0.2) is 54.4 Å². The molecule has 2 aromatic rings. The molecular weight excluding hydrogens is 336 g/mol. The van der Waals surface area contributed by atoms with Crippen LogP contribution in [0.5, 0.6) is 0 Å². The van der Waals surface area contributed by atoms with Crippen molar-refractivity contribution in [3.8, 4) is 0 Å². The van der Waals surface area contributed by atoms with E-state index < -0.39 is 0 Å². The molecule has 6 heteroatoms. The summed E-state index contributed by atoms with van der Waals surface area (Å²) in [5.74, 6) is 1.18. The molecule has 3 heterocycles. The Morgan fingerprint density at radius 2 is 1.92 bits per heavy atom. The van der Waals surface area contributed by atoms with Gasteiger partial charge in [-0.25, -0.2) is 9.97 Å². The summed E-state index contributed by atoms with van der Waals surface area (Å²) in [5.41, 5.74) is 1.55. The van der Waals surface area contributed by atoms with Gasteiger partial charge in [-0.15, -0.1) is 11.3 Å². The minimum absolute atomic E-state index is 0.591. The SMILES string of the molecule is CSc1nc(N(C)C2CCN(C)CC2)c2c3c(sc2n1)CCCC3. The fraction of sp³-hybridized carbons (Fsp3) is 0.667. The highest BCUT2D eigenvalue weighted by Crippen LogP contribution is 2.41. The molecule has 0 spiro atoms. The van der Waals surface area contributed by atoms with Crippen LogP contribution in [0.2, 0.25) is 0 Å². The van der Waals surface area contributed by atoms with E-state index in [9.17, 15) is 0 Å². The van der Waals surface area contributed by atoms with Crippen molar-refractivity contribution in [2.24, 2.45) is 0 Å². The molecule has 1 fully saturated rings. The lowest BCUT2D eigenvalue weighted by Crippen LogP contribution is -2.42. The third kappa shape index (κ3) is 2.93. The monoisotopic (exact) mass is 362 g/mol. The van der Waals surface area contributed by atoms with Crippen molar-refractivity contribution in [1.82, 2.24) is 14.9 Å². The second kappa shape index (κ2) is 6.81. The highest BCUT2D eigenvalue weighted by molar-refractivity contribution is 7.98. The largest absolute Gasteiger partial charge is 0.356 e. The van der Waals surface area contributed by atoms with Crippen LogP contribution in [0.3, 0.4) is 0 Å². The van der Waals surface area contributed by atoms with Gasteiger partial charge < -0.3 is 9.80 Å². The lowest BCUT2D eigenvalue weighted by molar-refractivity contribution is 0.252. The molecule has 1 aliphatic heterocycles. The van der Waals surface area contributed by atoms with Gasteiger partial charge in [-0.1, -0.05) is 11.8 Å². The fourth-order valence-corrected chi connectivity index (χ4v) is 5.69. The number of hydrogen-bond acceptors (Lipinski definition) is 6. The number of thioether (sulfide) groups is 1. The first kappa shape index (κ1) is 16.6. The quantitative estimate of drug-likeness (QED) is 0.612. The first-order valence-electron chi connectivity index (χ1n) is 8.95. The molecular formula is C18H26N4S2. The number of likely N-dealkylation sites (tertiary alicyclic amines) is 1. The van der Waals surface area contributed by atoms with Crippen LogP contribution in [0.15, 0.2) is 5.16 Å². The van der Waals surface area contributed by atoms with E-state index in [0.717, 1.165) is 5.16 Å². The van der Waals surface area contributed by atoms with Crippen molar-refractivity contribution in [2.75, 3.05) is 38.3 Å². The zero-order chi connectivity index (χ0) is 16.7. The van der Waals surface area contributed by atoms with Gasteiger partial charge in [-0.2, -0.15) is 0 Å². The molecule has 0 saturated carbocycles. The molecule has 2 aliphatic rings. The van der Waals surface area contributed by atoms with Crippen LogP contribution < -0.4 is 4.90 Å².